The van der Waals surface area contributed by atoms with Crippen LogP contribution in [0.2, 0.25) is 0 Å². The van der Waals surface area contributed by atoms with Crippen LogP contribution < -0.4 is 5.32 Å². The third-order valence-corrected chi connectivity index (χ3v) is 4.08. The van der Waals surface area contributed by atoms with Gasteiger partial charge in [-0.3, -0.25) is 14.8 Å². The van der Waals surface area contributed by atoms with Crippen LogP contribution in [-0.2, 0) is 4.79 Å². The molecule has 26 heavy (non-hydrogen) atoms. The molecule has 130 valence electrons. The molecule has 0 saturated carbocycles. The number of aromatic carboxylic acids is 1. The molecule has 0 spiro atoms. The molecule has 0 aliphatic heterocycles. The lowest BCUT2D eigenvalue weighted by molar-refractivity contribution is -0.113. The highest BCUT2D eigenvalue weighted by molar-refractivity contribution is 7.99. The first-order valence-electron chi connectivity index (χ1n) is 7.48. The quantitative estimate of drug-likeness (QED) is 0.503. The zero-order valence-corrected chi connectivity index (χ0v) is 14.2. The van der Waals surface area contributed by atoms with E-state index in [1.807, 2.05) is 0 Å². The van der Waals surface area contributed by atoms with Gasteiger partial charge in [-0.25, -0.2) is 14.8 Å². The maximum atomic E-state index is 12.1. The van der Waals surface area contributed by atoms with E-state index < -0.39 is 5.97 Å². The second kappa shape index (κ2) is 8.17. The molecule has 0 unspecified atom stereocenters. The molecule has 2 heterocycles. The van der Waals surface area contributed by atoms with Gasteiger partial charge in [0.1, 0.15) is 5.69 Å². The number of nitrogens with zero attached hydrogens (tertiary/aromatic N) is 4. The number of carbonyl (C=O) groups is 2. The topological polar surface area (TPSA) is 118 Å². The van der Waals surface area contributed by atoms with Crippen LogP contribution in [0.25, 0.3) is 11.4 Å². The second-order valence-corrected chi connectivity index (χ2v) is 5.95. The smallest absolute Gasteiger partial charge is 0.337 e. The van der Waals surface area contributed by atoms with Crippen molar-refractivity contribution >= 4 is 29.3 Å². The Morgan fingerprint density at radius 1 is 1.04 bits per heavy atom. The van der Waals surface area contributed by atoms with E-state index in [0.717, 1.165) is 11.8 Å². The van der Waals surface area contributed by atoms with Crippen LogP contribution in [-0.4, -0.2) is 42.7 Å². The molecular weight excluding hydrogens is 354 g/mol. The van der Waals surface area contributed by atoms with Crippen LogP contribution in [0.1, 0.15) is 10.4 Å². The normalized spacial score (nSPS) is 10.3. The summed E-state index contributed by atoms with van der Waals surface area (Å²) in [6, 6.07) is 7.93. The van der Waals surface area contributed by atoms with Crippen molar-refractivity contribution < 1.29 is 14.7 Å². The number of hydrogen-bond acceptors (Lipinski definition) is 7. The molecule has 0 radical (unpaired) electrons. The monoisotopic (exact) mass is 367 g/mol. The molecule has 0 bridgehead atoms. The standard InChI is InChI=1S/C17H13N5O3S/c23-15(21-12-4-2-1-3-11(12)16(24)25)10-26-17-20-6-5-13(22-17)14-9-18-7-8-19-14/h1-9H,10H2,(H,21,23)(H,24,25). The Balaban J connectivity index is 1.65. The summed E-state index contributed by atoms with van der Waals surface area (Å²) in [4.78, 5) is 39.9. The number of anilines is 1. The van der Waals surface area contributed by atoms with E-state index in [9.17, 15) is 9.59 Å². The number of rotatable bonds is 6. The molecule has 2 aromatic heterocycles. The lowest BCUT2D eigenvalue weighted by Crippen LogP contribution is -2.16. The third kappa shape index (κ3) is 4.39. The fourth-order valence-electron chi connectivity index (χ4n) is 2.08. The first kappa shape index (κ1) is 17.5. The van der Waals surface area contributed by atoms with E-state index in [2.05, 4.69) is 25.3 Å². The number of hydrogen-bond donors (Lipinski definition) is 2. The first-order chi connectivity index (χ1) is 12.6. The van der Waals surface area contributed by atoms with Gasteiger partial charge in [-0.05, 0) is 18.2 Å². The number of amides is 1. The number of thioether (sulfide) groups is 1. The van der Waals surface area contributed by atoms with E-state index in [4.69, 9.17) is 5.11 Å². The third-order valence-electron chi connectivity index (χ3n) is 3.22. The van der Waals surface area contributed by atoms with Gasteiger partial charge in [0.2, 0.25) is 5.91 Å². The van der Waals surface area contributed by atoms with Gasteiger partial charge in [0.25, 0.3) is 0 Å². The molecule has 1 aromatic carbocycles. The van der Waals surface area contributed by atoms with Crippen molar-refractivity contribution in [2.75, 3.05) is 11.1 Å². The van der Waals surface area contributed by atoms with Gasteiger partial charge in [-0.2, -0.15) is 0 Å². The number of benzene rings is 1. The van der Waals surface area contributed by atoms with Crippen molar-refractivity contribution in [3.8, 4) is 11.4 Å². The Kier molecular flexibility index (Phi) is 5.49. The summed E-state index contributed by atoms with van der Waals surface area (Å²) < 4.78 is 0. The lowest BCUT2D eigenvalue weighted by atomic mass is 10.2. The molecule has 0 aliphatic carbocycles. The largest absolute Gasteiger partial charge is 0.478 e. The van der Waals surface area contributed by atoms with Gasteiger partial charge in [-0.15, -0.1) is 0 Å². The summed E-state index contributed by atoms with van der Waals surface area (Å²) in [5.74, 6) is -1.41. The van der Waals surface area contributed by atoms with Crippen molar-refractivity contribution in [1.82, 2.24) is 19.9 Å². The predicted octanol–water partition coefficient (Wildman–Crippen LogP) is 2.36. The van der Waals surface area contributed by atoms with E-state index in [1.165, 1.54) is 12.1 Å². The predicted molar refractivity (Wildman–Crippen MR) is 95.8 cm³/mol. The zero-order chi connectivity index (χ0) is 18.4. The Morgan fingerprint density at radius 3 is 2.65 bits per heavy atom. The fraction of sp³-hybridized carbons (Fsp3) is 0.0588. The molecule has 1 amide bonds. The average Bonchev–Trinajstić information content (AvgIpc) is 2.67. The lowest BCUT2D eigenvalue weighted by Gasteiger charge is -2.08. The summed E-state index contributed by atoms with van der Waals surface area (Å²) in [5, 5.41) is 12.1. The molecule has 3 rings (SSSR count). The Labute approximate surface area is 152 Å². The molecular formula is C17H13N5O3S. The summed E-state index contributed by atoms with van der Waals surface area (Å²) in [5.41, 5.74) is 1.50. The Hall–Kier alpha value is -3.33. The number of nitrogens with one attached hydrogen (secondary N) is 1. The maximum absolute atomic E-state index is 12.1. The van der Waals surface area contributed by atoms with E-state index in [1.54, 1.807) is 43.0 Å². The number of carbonyl (C=O) groups excluding carboxylic acids is 1. The fourth-order valence-corrected chi connectivity index (χ4v) is 2.71. The van der Waals surface area contributed by atoms with Crippen LogP contribution in [0.4, 0.5) is 5.69 Å². The van der Waals surface area contributed by atoms with Crippen LogP contribution in [0.5, 0.6) is 0 Å². The summed E-state index contributed by atoms with van der Waals surface area (Å²) >= 11 is 1.14. The molecule has 0 saturated heterocycles. The van der Waals surface area contributed by atoms with E-state index in [-0.39, 0.29) is 22.9 Å². The number of carboxylic acids is 1. The molecule has 0 fully saturated rings. The van der Waals surface area contributed by atoms with Crippen molar-refractivity contribution in [3.05, 3.63) is 60.7 Å². The first-order valence-corrected chi connectivity index (χ1v) is 8.46. The minimum atomic E-state index is -1.10. The van der Waals surface area contributed by atoms with Crippen molar-refractivity contribution in [2.45, 2.75) is 5.16 Å². The van der Waals surface area contributed by atoms with Crippen molar-refractivity contribution in [3.63, 3.8) is 0 Å². The highest BCUT2D eigenvalue weighted by Crippen LogP contribution is 2.19. The minimum Gasteiger partial charge on any atom is -0.478 e. The van der Waals surface area contributed by atoms with Gasteiger partial charge in [0.05, 0.1) is 28.9 Å². The van der Waals surface area contributed by atoms with Gasteiger partial charge < -0.3 is 10.4 Å². The molecule has 0 aliphatic rings. The average molecular weight is 367 g/mol. The summed E-state index contributed by atoms with van der Waals surface area (Å²) in [7, 11) is 0. The molecule has 3 aromatic rings. The molecule has 9 heteroatoms. The SMILES string of the molecule is O=C(CSc1nccc(-c2cnccn2)n1)Nc1ccccc1C(=O)O. The molecule has 0 atom stereocenters. The Morgan fingerprint density at radius 2 is 1.88 bits per heavy atom. The van der Waals surface area contributed by atoms with Crippen molar-refractivity contribution in [2.24, 2.45) is 0 Å². The van der Waals surface area contributed by atoms with Crippen LogP contribution in [0.3, 0.4) is 0 Å². The van der Waals surface area contributed by atoms with Gasteiger partial charge in [0.15, 0.2) is 5.16 Å². The highest BCUT2D eigenvalue weighted by atomic mass is 32.2. The maximum Gasteiger partial charge on any atom is 0.337 e. The summed E-state index contributed by atoms with van der Waals surface area (Å²) in [6.07, 6.45) is 6.31. The van der Waals surface area contributed by atoms with Gasteiger partial charge >= 0.3 is 5.97 Å². The second-order valence-electron chi connectivity index (χ2n) is 5.00. The number of carboxylic acid groups (broad SMARTS) is 1. The summed E-state index contributed by atoms with van der Waals surface area (Å²) in [6.45, 7) is 0. The number of para-hydroxylation sites is 1. The van der Waals surface area contributed by atoms with E-state index in [0.29, 0.717) is 16.5 Å². The van der Waals surface area contributed by atoms with Crippen LogP contribution >= 0.6 is 11.8 Å². The van der Waals surface area contributed by atoms with E-state index >= 15 is 0 Å². The number of aromatic nitrogens is 4. The minimum absolute atomic E-state index is 0.0340. The molecule has 8 nitrogen and oxygen atoms in total. The Bertz CT molecular complexity index is 936. The van der Waals surface area contributed by atoms with Gasteiger partial charge in [-0.1, -0.05) is 23.9 Å². The zero-order valence-electron chi connectivity index (χ0n) is 13.4. The van der Waals surface area contributed by atoms with Gasteiger partial charge in [0, 0.05) is 18.6 Å². The molecule has 2 N–H and O–H groups in total. The highest BCUT2D eigenvalue weighted by Gasteiger charge is 2.12. The van der Waals surface area contributed by atoms with Crippen LogP contribution in [0.15, 0.2) is 60.3 Å². The van der Waals surface area contributed by atoms with Crippen molar-refractivity contribution in [1.29, 1.82) is 0 Å². The van der Waals surface area contributed by atoms with Crippen LogP contribution in [0, 0.1) is 0 Å².